The van der Waals surface area contributed by atoms with Crippen molar-refractivity contribution < 1.29 is 13.5 Å². The molecule has 1 N–H and O–H groups in total. The predicted octanol–water partition coefficient (Wildman–Crippen LogP) is 2.57. The molecule has 0 aliphatic carbocycles. The van der Waals surface area contributed by atoms with Gasteiger partial charge in [-0.3, -0.25) is 0 Å². The fourth-order valence-electron chi connectivity index (χ4n) is 1.25. The molecule has 0 bridgehead atoms. The van der Waals surface area contributed by atoms with E-state index in [-0.39, 0.29) is 17.0 Å². The van der Waals surface area contributed by atoms with Crippen LogP contribution in [0.4, 0.5) is 14.5 Å². The standard InChI is InChI=1S/C13H8F2N4O/c14-13(15)8-20-11-3-1-2-10(4-11)19-12(7-18)9(5-16)6-17/h1-4,13,19H,8H2. The van der Waals surface area contributed by atoms with E-state index in [1.807, 2.05) is 0 Å². The molecule has 0 radical (unpaired) electrons. The summed E-state index contributed by atoms with van der Waals surface area (Å²) in [4.78, 5) is 0. The Morgan fingerprint density at radius 1 is 1.20 bits per heavy atom. The van der Waals surface area contributed by atoms with E-state index in [1.54, 1.807) is 24.3 Å². The molecule has 0 amide bonds. The van der Waals surface area contributed by atoms with Crippen LogP contribution >= 0.6 is 0 Å². The largest absolute Gasteiger partial charge is 0.488 e. The lowest BCUT2D eigenvalue weighted by Crippen LogP contribution is -2.07. The van der Waals surface area contributed by atoms with Crippen LogP contribution in [-0.2, 0) is 0 Å². The predicted molar refractivity (Wildman–Crippen MR) is 65.4 cm³/mol. The first-order chi connectivity index (χ1) is 9.60. The summed E-state index contributed by atoms with van der Waals surface area (Å²) in [6.07, 6.45) is -2.59. The van der Waals surface area contributed by atoms with Crippen molar-refractivity contribution in [3.63, 3.8) is 0 Å². The first-order valence-electron chi connectivity index (χ1n) is 5.33. The average molecular weight is 274 g/mol. The van der Waals surface area contributed by atoms with Crippen molar-refractivity contribution in [2.75, 3.05) is 11.9 Å². The SMILES string of the molecule is N#CC(C#N)=C(C#N)Nc1cccc(OCC(F)F)c1. The van der Waals surface area contributed by atoms with Crippen LogP contribution in [0.2, 0.25) is 0 Å². The third kappa shape index (κ3) is 4.29. The Kier molecular flexibility index (Phi) is 5.50. The number of nitrogens with one attached hydrogen (secondary N) is 1. The Morgan fingerprint density at radius 2 is 1.90 bits per heavy atom. The van der Waals surface area contributed by atoms with Crippen molar-refractivity contribution in [2.24, 2.45) is 0 Å². The van der Waals surface area contributed by atoms with E-state index in [2.05, 4.69) is 5.32 Å². The van der Waals surface area contributed by atoms with Gasteiger partial charge in [0.15, 0.2) is 5.57 Å². The summed E-state index contributed by atoms with van der Waals surface area (Å²) in [5, 5.41) is 28.8. The number of hydrogen-bond acceptors (Lipinski definition) is 5. The van der Waals surface area contributed by atoms with Gasteiger partial charge in [-0.2, -0.15) is 15.8 Å². The average Bonchev–Trinajstić information content (AvgIpc) is 2.45. The van der Waals surface area contributed by atoms with Gasteiger partial charge in [0.05, 0.1) is 0 Å². The maximum atomic E-state index is 12.0. The molecule has 0 atom stereocenters. The van der Waals surface area contributed by atoms with Gasteiger partial charge in [0.25, 0.3) is 6.43 Å². The normalized spacial score (nSPS) is 9.00. The molecule has 20 heavy (non-hydrogen) atoms. The molecular formula is C13H8F2N4O. The first-order valence-corrected chi connectivity index (χ1v) is 5.33. The number of allylic oxidation sites excluding steroid dienone is 2. The van der Waals surface area contributed by atoms with Gasteiger partial charge < -0.3 is 10.1 Å². The molecule has 7 heteroatoms. The molecular weight excluding hydrogens is 266 g/mol. The maximum Gasteiger partial charge on any atom is 0.272 e. The van der Waals surface area contributed by atoms with Crippen molar-refractivity contribution in [1.82, 2.24) is 0 Å². The zero-order valence-electron chi connectivity index (χ0n) is 10.1. The molecule has 0 unspecified atom stereocenters. The minimum absolute atomic E-state index is 0.183. The zero-order valence-corrected chi connectivity index (χ0v) is 10.1. The second kappa shape index (κ2) is 7.35. The summed E-state index contributed by atoms with van der Waals surface area (Å²) in [5.41, 5.74) is -0.247. The summed E-state index contributed by atoms with van der Waals surface area (Å²) in [7, 11) is 0. The fourth-order valence-corrected chi connectivity index (χ4v) is 1.25. The lowest BCUT2D eigenvalue weighted by Gasteiger charge is -2.08. The van der Waals surface area contributed by atoms with Gasteiger partial charge in [-0.1, -0.05) is 6.07 Å². The molecule has 0 aliphatic heterocycles. The highest BCUT2D eigenvalue weighted by Crippen LogP contribution is 2.20. The second-order valence-electron chi connectivity index (χ2n) is 3.44. The van der Waals surface area contributed by atoms with Crippen LogP contribution in [0.25, 0.3) is 0 Å². The van der Waals surface area contributed by atoms with E-state index in [0.29, 0.717) is 5.69 Å². The summed E-state index contributed by atoms with van der Waals surface area (Å²) in [6.45, 7) is -0.744. The molecule has 0 aliphatic rings. The Hall–Kier alpha value is -3.11. The molecule has 1 aromatic rings. The summed E-state index contributed by atoms with van der Waals surface area (Å²) in [6, 6.07) is 10.8. The van der Waals surface area contributed by atoms with E-state index in [1.165, 1.54) is 18.2 Å². The van der Waals surface area contributed by atoms with Gasteiger partial charge in [0.2, 0.25) is 0 Å². The van der Waals surface area contributed by atoms with Crippen LogP contribution in [0.15, 0.2) is 35.5 Å². The van der Waals surface area contributed by atoms with Crippen LogP contribution in [-0.4, -0.2) is 13.0 Å². The van der Waals surface area contributed by atoms with Crippen molar-refractivity contribution in [1.29, 1.82) is 15.8 Å². The molecule has 1 aromatic carbocycles. The number of rotatable bonds is 5. The number of benzene rings is 1. The van der Waals surface area contributed by atoms with E-state index in [4.69, 9.17) is 20.5 Å². The van der Waals surface area contributed by atoms with Crippen LogP contribution in [0, 0.1) is 34.0 Å². The van der Waals surface area contributed by atoms with Gasteiger partial charge in [-0.05, 0) is 12.1 Å². The highest BCUT2D eigenvalue weighted by Gasteiger charge is 2.07. The number of hydrogen-bond donors (Lipinski definition) is 1. The van der Waals surface area contributed by atoms with E-state index in [9.17, 15) is 8.78 Å². The minimum atomic E-state index is -2.59. The molecule has 0 heterocycles. The molecule has 0 saturated heterocycles. The summed E-state index contributed by atoms with van der Waals surface area (Å²) in [5.74, 6) is 0.183. The maximum absolute atomic E-state index is 12.0. The van der Waals surface area contributed by atoms with Gasteiger partial charge >= 0.3 is 0 Å². The van der Waals surface area contributed by atoms with Crippen molar-refractivity contribution in [3.8, 4) is 24.0 Å². The van der Waals surface area contributed by atoms with Crippen LogP contribution in [0.5, 0.6) is 5.75 Å². The molecule has 0 aromatic heterocycles. The van der Waals surface area contributed by atoms with E-state index >= 15 is 0 Å². The van der Waals surface area contributed by atoms with Crippen LogP contribution in [0.1, 0.15) is 0 Å². The first kappa shape index (κ1) is 14.9. The molecule has 100 valence electrons. The topological polar surface area (TPSA) is 92.6 Å². The number of nitrogens with zero attached hydrogens (tertiary/aromatic N) is 3. The number of nitriles is 3. The van der Waals surface area contributed by atoms with Gasteiger partial charge in [-0.25, -0.2) is 8.78 Å². The molecule has 1 rings (SSSR count). The second-order valence-corrected chi connectivity index (χ2v) is 3.44. The van der Waals surface area contributed by atoms with Crippen molar-refractivity contribution in [3.05, 3.63) is 35.5 Å². The Labute approximate surface area is 113 Å². The van der Waals surface area contributed by atoms with Gasteiger partial charge in [0, 0.05) is 11.8 Å². The third-order valence-corrected chi connectivity index (χ3v) is 2.06. The number of anilines is 1. The zero-order chi connectivity index (χ0) is 15.0. The smallest absolute Gasteiger partial charge is 0.272 e. The van der Waals surface area contributed by atoms with E-state index in [0.717, 1.165) is 0 Å². The Balaban J connectivity index is 2.92. The monoisotopic (exact) mass is 274 g/mol. The molecule has 0 spiro atoms. The van der Waals surface area contributed by atoms with Gasteiger partial charge in [-0.15, -0.1) is 0 Å². The fraction of sp³-hybridized carbons (Fsp3) is 0.154. The summed E-state index contributed by atoms with van der Waals surface area (Å²) < 4.78 is 28.9. The van der Waals surface area contributed by atoms with Crippen molar-refractivity contribution in [2.45, 2.75) is 6.43 Å². The minimum Gasteiger partial charge on any atom is -0.488 e. The van der Waals surface area contributed by atoms with Crippen LogP contribution in [0.3, 0.4) is 0 Å². The highest BCUT2D eigenvalue weighted by molar-refractivity contribution is 5.59. The van der Waals surface area contributed by atoms with Crippen LogP contribution < -0.4 is 10.1 Å². The lowest BCUT2D eigenvalue weighted by atomic mass is 10.2. The summed E-state index contributed by atoms with van der Waals surface area (Å²) >= 11 is 0. The number of halogens is 2. The third-order valence-electron chi connectivity index (χ3n) is 2.06. The van der Waals surface area contributed by atoms with E-state index < -0.39 is 13.0 Å². The Morgan fingerprint density at radius 3 is 2.45 bits per heavy atom. The number of ether oxygens (including phenoxy) is 1. The molecule has 0 saturated carbocycles. The molecule has 5 nitrogen and oxygen atoms in total. The van der Waals surface area contributed by atoms with Crippen molar-refractivity contribution >= 4 is 5.69 Å². The van der Waals surface area contributed by atoms with Gasteiger partial charge in [0.1, 0.15) is 36.3 Å². The lowest BCUT2D eigenvalue weighted by molar-refractivity contribution is 0.0819. The number of alkyl halides is 2. The Bertz CT molecular complexity index is 619. The highest BCUT2D eigenvalue weighted by atomic mass is 19.3. The molecule has 0 fully saturated rings. The quantitative estimate of drug-likeness (QED) is 0.833.